The van der Waals surface area contributed by atoms with Gasteiger partial charge in [0.2, 0.25) is 5.43 Å². The highest BCUT2D eigenvalue weighted by molar-refractivity contribution is 5.85. The summed E-state index contributed by atoms with van der Waals surface area (Å²) in [7, 11) is 0. The van der Waals surface area contributed by atoms with Gasteiger partial charge in [0.15, 0.2) is 17.5 Å². The van der Waals surface area contributed by atoms with Crippen LogP contribution in [-0.2, 0) is 4.79 Å². The van der Waals surface area contributed by atoms with Crippen LogP contribution in [-0.4, -0.2) is 31.8 Å². The molecule has 5 rings (SSSR count). The lowest BCUT2D eigenvalue weighted by Crippen LogP contribution is -2.88. The summed E-state index contributed by atoms with van der Waals surface area (Å²) >= 11 is 0. The number of benzene rings is 2. The second-order valence-corrected chi connectivity index (χ2v) is 7.93. The maximum absolute atomic E-state index is 13.3. The molecule has 3 heterocycles. The van der Waals surface area contributed by atoms with Gasteiger partial charge >= 0.3 is 5.97 Å². The SMILES string of the molecule is Cc1oc2cc(OC(=O)[C@@H]3CCC[NH2+]3)ccc2c(=O)c1-c1ccc2c(c1)OCCCO2. The monoisotopic (exact) mass is 422 g/mol. The van der Waals surface area contributed by atoms with Crippen LogP contribution in [0.1, 0.15) is 25.0 Å². The molecular formula is C24H24NO6+. The van der Waals surface area contributed by atoms with Crippen LogP contribution in [0.25, 0.3) is 22.1 Å². The van der Waals surface area contributed by atoms with Gasteiger partial charge in [-0.15, -0.1) is 0 Å². The van der Waals surface area contributed by atoms with Crippen LogP contribution in [0.15, 0.2) is 45.6 Å². The predicted octanol–water partition coefficient (Wildman–Crippen LogP) is 2.56. The zero-order chi connectivity index (χ0) is 21.4. The smallest absolute Gasteiger partial charge is 0.370 e. The van der Waals surface area contributed by atoms with Crippen LogP contribution < -0.4 is 25.0 Å². The first-order valence-electron chi connectivity index (χ1n) is 10.6. The molecule has 1 atom stereocenters. The van der Waals surface area contributed by atoms with E-state index in [1.807, 2.05) is 23.5 Å². The zero-order valence-corrected chi connectivity index (χ0v) is 17.3. The largest absolute Gasteiger partial charge is 0.490 e. The number of rotatable bonds is 3. The topological polar surface area (TPSA) is 91.6 Å². The van der Waals surface area contributed by atoms with Crippen molar-refractivity contribution in [1.82, 2.24) is 0 Å². The molecular weight excluding hydrogens is 398 g/mol. The molecule has 0 spiro atoms. The number of carbonyl (C=O) groups is 1. The van der Waals surface area contributed by atoms with Crippen molar-refractivity contribution in [3.05, 3.63) is 52.4 Å². The van der Waals surface area contributed by atoms with Gasteiger partial charge in [-0.25, -0.2) is 4.79 Å². The normalized spacial score (nSPS) is 18.0. The Morgan fingerprint density at radius 3 is 2.71 bits per heavy atom. The van der Waals surface area contributed by atoms with Crippen LogP contribution in [0.2, 0.25) is 0 Å². The summed E-state index contributed by atoms with van der Waals surface area (Å²) in [6.45, 7) is 3.87. The molecule has 2 N–H and O–H groups in total. The molecule has 31 heavy (non-hydrogen) atoms. The highest BCUT2D eigenvalue weighted by atomic mass is 16.5. The maximum Gasteiger partial charge on any atom is 0.370 e. The van der Waals surface area contributed by atoms with Gasteiger partial charge in [-0.05, 0) is 36.8 Å². The van der Waals surface area contributed by atoms with Crippen LogP contribution in [0.5, 0.6) is 17.2 Å². The van der Waals surface area contributed by atoms with Gasteiger partial charge < -0.3 is 23.9 Å². The number of nitrogens with two attached hydrogens (primary N) is 1. The molecule has 0 unspecified atom stereocenters. The van der Waals surface area contributed by atoms with Crippen molar-refractivity contribution in [3.63, 3.8) is 0 Å². The highest BCUT2D eigenvalue weighted by Crippen LogP contribution is 2.35. The molecule has 1 saturated heterocycles. The number of fused-ring (bicyclic) bond motifs is 2. The Morgan fingerprint density at radius 1 is 1.06 bits per heavy atom. The number of hydrogen-bond acceptors (Lipinski definition) is 6. The van der Waals surface area contributed by atoms with Gasteiger partial charge in [0, 0.05) is 25.3 Å². The van der Waals surface area contributed by atoms with E-state index in [1.54, 1.807) is 25.1 Å². The lowest BCUT2D eigenvalue weighted by molar-refractivity contribution is -0.658. The van der Waals surface area contributed by atoms with Crippen molar-refractivity contribution in [2.75, 3.05) is 19.8 Å². The molecule has 1 fully saturated rings. The van der Waals surface area contributed by atoms with Gasteiger partial charge in [0.05, 0.1) is 30.7 Å². The minimum absolute atomic E-state index is 0.143. The number of aryl methyl sites for hydroxylation is 1. The van der Waals surface area contributed by atoms with Crippen LogP contribution >= 0.6 is 0 Å². The van der Waals surface area contributed by atoms with E-state index in [0.717, 1.165) is 25.8 Å². The first kappa shape index (κ1) is 19.6. The maximum atomic E-state index is 13.3. The molecule has 3 aromatic rings. The van der Waals surface area contributed by atoms with E-state index >= 15 is 0 Å². The lowest BCUT2D eigenvalue weighted by atomic mass is 10.0. The fraction of sp³-hybridized carbons (Fsp3) is 0.333. The van der Waals surface area contributed by atoms with Crippen molar-refractivity contribution in [1.29, 1.82) is 0 Å². The molecule has 0 aliphatic carbocycles. The highest BCUT2D eigenvalue weighted by Gasteiger charge is 2.28. The van der Waals surface area contributed by atoms with E-state index < -0.39 is 0 Å². The number of hydrogen-bond donors (Lipinski definition) is 1. The van der Waals surface area contributed by atoms with E-state index in [1.165, 1.54) is 0 Å². The standard InChI is InChI=1S/C24H23NO6/c1-14-22(15-5-8-19-21(12-15)29-11-3-10-28-19)23(26)17-7-6-16(13-20(17)30-14)31-24(27)18-4-2-9-25-18/h5-8,12-13,18,25H,2-4,9-11H2,1H3/p+1/t18-/m0/s1. The van der Waals surface area contributed by atoms with Gasteiger partial charge in [0.25, 0.3) is 0 Å². The zero-order valence-electron chi connectivity index (χ0n) is 17.3. The van der Waals surface area contributed by atoms with E-state index in [9.17, 15) is 9.59 Å². The third-order valence-electron chi connectivity index (χ3n) is 5.77. The van der Waals surface area contributed by atoms with Crippen molar-refractivity contribution in [2.24, 2.45) is 0 Å². The molecule has 2 aliphatic heterocycles. The minimum Gasteiger partial charge on any atom is -0.490 e. The van der Waals surface area contributed by atoms with E-state index in [-0.39, 0.29) is 17.4 Å². The van der Waals surface area contributed by atoms with Crippen LogP contribution in [0, 0.1) is 6.92 Å². The first-order valence-corrected chi connectivity index (χ1v) is 10.6. The number of ether oxygens (including phenoxy) is 3. The summed E-state index contributed by atoms with van der Waals surface area (Å²) in [5.74, 6) is 1.90. The Bertz CT molecular complexity index is 1210. The molecule has 7 nitrogen and oxygen atoms in total. The Hall–Kier alpha value is -3.32. The summed E-state index contributed by atoms with van der Waals surface area (Å²) in [5, 5.41) is 2.43. The first-order chi connectivity index (χ1) is 15.1. The van der Waals surface area contributed by atoms with Crippen molar-refractivity contribution in [3.8, 4) is 28.4 Å². The van der Waals surface area contributed by atoms with Crippen molar-refractivity contribution in [2.45, 2.75) is 32.2 Å². The van der Waals surface area contributed by atoms with Gasteiger partial charge in [-0.1, -0.05) is 6.07 Å². The fourth-order valence-corrected chi connectivity index (χ4v) is 4.18. The Labute approximate surface area is 178 Å². The molecule has 2 aliphatic rings. The van der Waals surface area contributed by atoms with Gasteiger partial charge in [-0.3, -0.25) is 4.79 Å². The molecule has 0 amide bonds. The number of carbonyl (C=O) groups excluding carboxylic acids is 1. The molecule has 1 aromatic heterocycles. The molecule has 0 radical (unpaired) electrons. The summed E-state index contributed by atoms with van der Waals surface area (Å²) < 4.78 is 22.9. The molecule has 0 bridgehead atoms. The fourth-order valence-electron chi connectivity index (χ4n) is 4.18. The average molecular weight is 422 g/mol. The summed E-state index contributed by atoms with van der Waals surface area (Å²) in [6, 6.07) is 10.2. The van der Waals surface area contributed by atoms with E-state index in [4.69, 9.17) is 18.6 Å². The number of quaternary nitrogens is 1. The Morgan fingerprint density at radius 2 is 1.90 bits per heavy atom. The molecule has 7 heteroatoms. The van der Waals surface area contributed by atoms with Gasteiger partial charge in [0.1, 0.15) is 17.1 Å². The van der Waals surface area contributed by atoms with Crippen LogP contribution in [0.4, 0.5) is 0 Å². The lowest BCUT2D eigenvalue weighted by Gasteiger charge is -2.12. The summed E-state index contributed by atoms with van der Waals surface area (Å²) in [6.07, 6.45) is 2.64. The van der Waals surface area contributed by atoms with Gasteiger partial charge in [-0.2, -0.15) is 0 Å². The molecule has 2 aromatic carbocycles. The van der Waals surface area contributed by atoms with Crippen LogP contribution in [0.3, 0.4) is 0 Å². The quantitative estimate of drug-likeness (QED) is 0.515. The average Bonchev–Trinajstić information content (AvgIpc) is 3.20. The van der Waals surface area contributed by atoms with Crippen molar-refractivity contribution < 1.29 is 28.7 Å². The van der Waals surface area contributed by atoms with E-state index in [2.05, 4.69) is 0 Å². The predicted molar refractivity (Wildman–Crippen MR) is 114 cm³/mol. The van der Waals surface area contributed by atoms with E-state index in [0.29, 0.717) is 58.3 Å². The third kappa shape index (κ3) is 3.77. The second-order valence-electron chi connectivity index (χ2n) is 7.93. The van der Waals surface area contributed by atoms with Crippen molar-refractivity contribution >= 4 is 16.9 Å². The Balaban J connectivity index is 1.50. The molecule has 0 saturated carbocycles. The molecule has 160 valence electrons. The minimum atomic E-state index is -0.264. The summed E-state index contributed by atoms with van der Waals surface area (Å²) in [4.78, 5) is 25.6. The third-order valence-corrected chi connectivity index (χ3v) is 5.77. The second kappa shape index (κ2) is 8.07. The number of esters is 1. The summed E-state index contributed by atoms with van der Waals surface area (Å²) in [5.41, 5.74) is 1.44. The Kier molecular flexibility index (Phi) is 5.11.